The van der Waals surface area contributed by atoms with E-state index in [4.69, 9.17) is 9.47 Å². The molecule has 3 rings (SSSR count). The van der Waals surface area contributed by atoms with Crippen molar-refractivity contribution in [2.75, 3.05) is 17.7 Å². The number of hydrogen-bond donors (Lipinski definition) is 2. The number of para-hydroxylation sites is 3. The van der Waals surface area contributed by atoms with Crippen LogP contribution >= 0.6 is 0 Å². The summed E-state index contributed by atoms with van der Waals surface area (Å²) in [5.41, 5.74) is 1.68. The van der Waals surface area contributed by atoms with Crippen LogP contribution in [0.3, 0.4) is 0 Å². The van der Waals surface area contributed by atoms with Gasteiger partial charge in [0.05, 0.1) is 36.3 Å². The van der Waals surface area contributed by atoms with Crippen molar-refractivity contribution in [3.05, 3.63) is 60.3 Å². The second-order valence-electron chi connectivity index (χ2n) is 6.12. The summed E-state index contributed by atoms with van der Waals surface area (Å²) >= 11 is 0. The number of nitrogens with zero attached hydrogens (tertiary/aromatic N) is 3. The molecule has 8 nitrogen and oxygen atoms in total. The van der Waals surface area contributed by atoms with Crippen molar-refractivity contribution in [2.45, 2.75) is 20.0 Å². The van der Waals surface area contributed by atoms with Crippen molar-refractivity contribution in [2.24, 2.45) is 0 Å². The molecule has 0 amide bonds. The SMILES string of the molecule is COC(=O)c1ccccc1Nc1cnnc(Nc2ccccc2OC(C)C)n1. The lowest BCUT2D eigenvalue weighted by atomic mass is 10.2. The molecule has 8 heteroatoms. The van der Waals surface area contributed by atoms with E-state index in [1.165, 1.54) is 13.3 Å². The summed E-state index contributed by atoms with van der Waals surface area (Å²) in [6, 6.07) is 14.5. The zero-order valence-electron chi connectivity index (χ0n) is 15.8. The highest BCUT2D eigenvalue weighted by atomic mass is 16.5. The van der Waals surface area contributed by atoms with Crippen LogP contribution in [-0.2, 0) is 4.74 Å². The Bertz CT molecular complexity index is 962. The zero-order valence-corrected chi connectivity index (χ0v) is 15.8. The number of hydrogen-bond acceptors (Lipinski definition) is 8. The van der Waals surface area contributed by atoms with Crippen LogP contribution in [0.25, 0.3) is 0 Å². The molecular weight excluding hydrogens is 358 g/mol. The predicted octanol–water partition coefficient (Wildman–Crippen LogP) is 3.93. The van der Waals surface area contributed by atoms with Crippen LogP contribution < -0.4 is 15.4 Å². The first-order chi connectivity index (χ1) is 13.6. The lowest BCUT2D eigenvalue weighted by molar-refractivity contribution is 0.0602. The number of anilines is 4. The highest BCUT2D eigenvalue weighted by Crippen LogP contribution is 2.27. The summed E-state index contributed by atoms with van der Waals surface area (Å²) in [5, 5.41) is 14.2. The minimum atomic E-state index is -0.441. The Labute approximate surface area is 162 Å². The van der Waals surface area contributed by atoms with Gasteiger partial charge in [-0.15, -0.1) is 5.10 Å². The minimum absolute atomic E-state index is 0.0322. The third-order valence-electron chi connectivity index (χ3n) is 3.65. The fraction of sp³-hybridized carbons (Fsp3) is 0.200. The molecule has 0 fully saturated rings. The van der Waals surface area contributed by atoms with E-state index in [2.05, 4.69) is 25.8 Å². The molecule has 0 aliphatic rings. The molecule has 1 heterocycles. The fourth-order valence-electron chi connectivity index (χ4n) is 2.48. The highest BCUT2D eigenvalue weighted by molar-refractivity contribution is 5.96. The first-order valence-electron chi connectivity index (χ1n) is 8.73. The zero-order chi connectivity index (χ0) is 19.9. The summed E-state index contributed by atoms with van der Waals surface area (Å²) in [6.07, 6.45) is 1.50. The van der Waals surface area contributed by atoms with Crippen molar-refractivity contribution < 1.29 is 14.3 Å². The van der Waals surface area contributed by atoms with Gasteiger partial charge in [0.1, 0.15) is 5.75 Å². The average molecular weight is 379 g/mol. The summed E-state index contributed by atoms with van der Waals surface area (Å²) in [7, 11) is 1.34. The van der Waals surface area contributed by atoms with E-state index < -0.39 is 5.97 Å². The molecule has 0 aliphatic carbocycles. The topological polar surface area (TPSA) is 98.3 Å². The molecule has 0 saturated heterocycles. The predicted molar refractivity (Wildman–Crippen MR) is 106 cm³/mol. The van der Waals surface area contributed by atoms with Gasteiger partial charge in [-0.2, -0.15) is 10.1 Å². The van der Waals surface area contributed by atoms with E-state index in [1.807, 2.05) is 44.2 Å². The number of methoxy groups -OCH3 is 1. The van der Waals surface area contributed by atoms with Gasteiger partial charge in [-0.1, -0.05) is 24.3 Å². The number of aromatic nitrogens is 3. The molecule has 3 aromatic rings. The Morgan fingerprint density at radius 2 is 1.71 bits per heavy atom. The highest BCUT2D eigenvalue weighted by Gasteiger charge is 2.12. The number of benzene rings is 2. The Balaban J connectivity index is 1.82. The largest absolute Gasteiger partial charge is 0.489 e. The van der Waals surface area contributed by atoms with Crippen LogP contribution in [0.4, 0.5) is 23.1 Å². The molecule has 0 radical (unpaired) electrons. The number of carbonyl (C=O) groups excluding carboxylic acids is 1. The van der Waals surface area contributed by atoms with E-state index in [9.17, 15) is 4.79 Å². The summed E-state index contributed by atoms with van der Waals surface area (Å²) < 4.78 is 10.6. The standard InChI is InChI=1S/C20H21N5O3/c1-13(2)28-17-11-7-6-10-16(17)23-20-24-18(12-21-25-20)22-15-9-5-4-8-14(15)19(26)27-3/h4-13H,1-3H3,(H2,22,23,24,25). The second kappa shape index (κ2) is 8.81. The van der Waals surface area contributed by atoms with Crippen LogP contribution in [0.15, 0.2) is 54.7 Å². The molecule has 0 saturated carbocycles. The van der Waals surface area contributed by atoms with Crippen LogP contribution in [0.2, 0.25) is 0 Å². The monoisotopic (exact) mass is 379 g/mol. The first-order valence-corrected chi connectivity index (χ1v) is 8.73. The number of carbonyl (C=O) groups is 1. The first kappa shape index (κ1) is 19.1. The smallest absolute Gasteiger partial charge is 0.339 e. The molecule has 2 aromatic carbocycles. The van der Waals surface area contributed by atoms with Crippen molar-refractivity contribution in [1.82, 2.24) is 15.2 Å². The van der Waals surface area contributed by atoms with Gasteiger partial charge in [0.25, 0.3) is 0 Å². The van der Waals surface area contributed by atoms with Gasteiger partial charge >= 0.3 is 5.97 Å². The van der Waals surface area contributed by atoms with Gasteiger partial charge in [0.2, 0.25) is 5.95 Å². The number of nitrogens with one attached hydrogen (secondary N) is 2. The Morgan fingerprint density at radius 3 is 2.46 bits per heavy atom. The summed E-state index contributed by atoms with van der Waals surface area (Å²) in [6.45, 7) is 3.91. The van der Waals surface area contributed by atoms with Crippen molar-refractivity contribution in [3.63, 3.8) is 0 Å². The number of esters is 1. The van der Waals surface area contributed by atoms with E-state index in [0.29, 0.717) is 28.8 Å². The van der Waals surface area contributed by atoms with E-state index in [0.717, 1.165) is 5.69 Å². The third kappa shape index (κ3) is 4.73. The molecular formula is C20H21N5O3. The molecule has 0 unspecified atom stereocenters. The van der Waals surface area contributed by atoms with Crippen LogP contribution in [0.5, 0.6) is 5.75 Å². The Kier molecular flexibility index (Phi) is 6.01. The van der Waals surface area contributed by atoms with Gasteiger partial charge < -0.3 is 20.1 Å². The molecule has 0 atom stereocenters. The maximum atomic E-state index is 11.9. The molecule has 144 valence electrons. The van der Waals surface area contributed by atoms with Crippen molar-refractivity contribution in [1.29, 1.82) is 0 Å². The van der Waals surface area contributed by atoms with Gasteiger partial charge in [-0.3, -0.25) is 0 Å². The number of ether oxygens (including phenoxy) is 2. The lowest BCUT2D eigenvalue weighted by Gasteiger charge is -2.15. The Morgan fingerprint density at radius 1 is 1.00 bits per heavy atom. The van der Waals surface area contributed by atoms with E-state index >= 15 is 0 Å². The Hall–Kier alpha value is -3.68. The molecule has 1 aromatic heterocycles. The molecule has 0 aliphatic heterocycles. The lowest BCUT2D eigenvalue weighted by Crippen LogP contribution is -2.09. The average Bonchev–Trinajstić information content (AvgIpc) is 2.69. The summed E-state index contributed by atoms with van der Waals surface area (Å²) in [5.74, 6) is 0.968. The van der Waals surface area contributed by atoms with Crippen LogP contribution in [0, 0.1) is 0 Å². The van der Waals surface area contributed by atoms with Crippen LogP contribution in [0.1, 0.15) is 24.2 Å². The van der Waals surface area contributed by atoms with E-state index in [-0.39, 0.29) is 6.10 Å². The quantitative estimate of drug-likeness (QED) is 0.596. The maximum absolute atomic E-state index is 11.9. The second-order valence-corrected chi connectivity index (χ2v) is 6.12. The molecule has 0 bridgehead atoms. The van der Waals surface area contributed by atoms with Gasteiger partial charge in [-0.05, 0) is 38.1 Å². The maximum Gasteiger partial charge on any atom is 0.339 e. The van der Waals surface area contributed by atoms with Crippen molar-refractivity contribution in [3.8, 4) is 5.75 Å². The van der Waals surface area contributed by atoms with E-state index in [1.54, 1.807) is 18.2 Å². The molecule has 2 N–H and O–H groups in total. The van der Waals surface area contributed by atoms with Crippen LogP contribution in [-0.4, -0.2) is 34.4 Å². The normalized spacial score (nSPS) is 10.4. The van der Waals surface area contributed by atoms with Crippen molar-refractivity contribution >= 4 is 29.1 Å². The minimum Gasteiger partial charge on any atom is -0.489 e. The fourth-order valence-corrected chi connectivity index (χ4v) is 2.48. The van der Waals surface area contributed by atoms with Gasteiger partial charge in [0, 0.05) is 0 Å². The van der Waals surface area contributed by atoms with Gasteiger partial charge in [0.15, 0.2) is 5.82 Å². The van der Waals surface area contributed by atoms with Gasteiger partial charge in [-0.25, -0.2) is 4.79 Å². The molecule has 0 spiro atoms. The molecule has 28 heavy (non-hydrogen) atoms. The summed E-state index contributed by atoms with van der Waals surface area (Å²) in [4.78, 5) is 16.3. The third-order valence-corrected chi connectivity index (χ3v) is 3.65. The number of rotatable bonds is 7.